The lowest BCUT2D eigenvalue weighted by atomic mass is 10.3. The molecule has 0 aliphatic carbocycles. The molecule has 0 unspecified atom stereocenters. The van der Waals surface area contributed by atoms with E-state index in [0.717, 1.165) is 4.31 Å². The monoisotopic (exact) mass is 282 g/mol. The Hall–Kier alpha value is -1.12. The van der Waals surface area contributed by atoms with Crippen LogP contribution in [-0.2, 0) is 10.0 Å². The Morgan fingerprint density at radius 1 is 1.22 bits per heavy atom. The second kappa shape index (κ2) is 5.68. The fraction of sp³-hybridized carbons (Fsp3) is 0.400. The van der Waals surface area contributed by atoms with Crippen molar-refractivity contribution in [2.45, 2.75) is 4.90 Å². The minimum Gasteiger partial charge on any atom is -0.318 e. The van der Waals surface area contributed by atoms with Crippen LogP contribution in [0.1, 0.15) is 0 Å². The molecule has 0 bridgehead atoms. The molecule has 1 aromatic rings. The van der Waals surface area contributed by atoms with Crippen LogP contribution in [0.4, 0.5) is 13.2 Å². The maximum absolute atomic E-state index is 13.4. The molecule has 4 nitrogen and oxygen atoms in total. The fourth-order valence-electron chi connectivity index (χ4n) is 1.32. The van der Waals surface area contributed by atoms with Crippen molar-refractivity contribution in [1.29, 1.82) is 0 Å². The van der Waals surface area contributed by atoms with Gasteiger partial charge in [0.1, 0.15) is 17.5 Å². The SMILES string of the molecule is CNCCN(C)S(=O)(=O)c1c(F)cc(F)cc1F. The van der Waals surface area contributed by atoms with Gasteiger partial charge in [0, 0.05) is 32.3 Å². The van der Waals surface area contributed by atoms with Crippen LogP contribution >= 0.6 is 0 Å². The lowest BCUT2D eigenvalue weighted by molar-refractivity contribution is 0.444. The molecule has 102 valence electrons. The third-order valence-electron chi connectivity index (χ3n) is 2.31. The zero-order valence-corrected chi connectivity index (χ0v) is 10.7. The van der Waals surface area contributed by atoms with Crippen molar-refractivity contribution < 1.29 is 21.6 Å². The molecular formula is C10H13F3N2O2S. The first kappa shape index (κ1) is 14.9. The van der Waals surface area contributed by atoms with E-state index in [1.54, 1.807) is 7.05 Å². The average molecular weight is 282 g/mol. The number of nitrogens with zero attached hydrogens (tertiary/aromatic N) is 1. The number of hydrogen-bond acceptors (Lipinski definition) is 3. The topological polar surface area (TPSA) is 49.4 Å². The number of sulfonamides is 1. The zero-order valence-electron chi connectivity index (χ0n) is 9.87. The fourth-order valence-corrected chi connectivity index (χ4v) is 2.57. The number of likely N-dealkylation sites (N-methyl/N-ethyl adjacent to an activating group) is 2. The summed E-state index contributed by atoms with van der Waals surface area (Å²) in [5.74, 6) is -4.05. The second-order valence-corrected chi connectivity index (χ2v) is 5.61. The van der Waals surface area contributed by atoms with Gasteiger partial charge in [0.25, 0.3) is 0 Å². The van der Waals surface area contributed by atoms with Crippen molar-refractivity contribution in [3.63, 3.8) is 0 Å². The summed E-state index contributed by atoms with van der Waals surface area (Å²) in [6.07, 6.45) is 0. The summed E-state index contributed by atoms with van der Waals surface area (Å²) < 4.78 is 64.0. The van der Waals surface area contributed by atoms with Crippen molar-refractivity contribution in [1.82, 2.24) is 9.62 Å². The van der Waals surface area contributed by atoms with Gasteiger partial charge in [-0.05, 0) is 7.05 Å². The van der Waals surface area contributed by atoms with Gasteiger partial charge in [0.2, 0.25) is 10.0 Å². The lowest BCUT2D eigenvalue weighted by Gasteiger charge is -2.17. The normalized spacial score (nSPS) is 12.1. The molecule has 0 atom stereocenters. The van der Waals surface area contributed by atoms with Crippen molar-refractivity contribution >= 4 is 10.0 Å². The minimum atomic E-state index is -4.31. The molecule has 0 aromatic heterocycles. The Kier molecular flexibility index (Phi) is 4.71. The van der Waals surface area contributed by atoms with Crippen LogP contribution in [0.2, 0.25) is 0 Å². The summed E-state index contributed by atoms with van der Waals surface area (Å²) in [6, 6.07) is 0.670. The van der Waals surface area contributed by atoms with Crippen molar-refractivity contribution in [3.8, 4) is 0 Å². The van der Waals surface area contributed by atoms with Gasteiger partial charge in [-0.2, -0.15) is 4.31 Å². The molecule has 0 fully saturated rings. The number of benzene rings is 1. The number of hydrogen-bond donors (Lipinski definition) is 1. The van der Waals surface area contributed by atoms with Crippen molar-refractivity contribution in [3.05, 3.63) is 29.6 Å². The molecule has 8 heteroatoms. The van der Waals surface area contributed by atoms with Gasteiger partial charge in [0.15, 0.2) is 4.90 Å². The maximum atomic E-state index is 13.4. The van der Waals surface area contributed by atoms with E-state index in [1.165, 1.54) is 7.05 Å². The third-order valence-corrected chi connectivity index (χ3v) is 4.22. The lowest BCUT2D eigenvalue weighted by Crippen LogP contribution is -2.33. The molecule has 0 aliphatic rings. The summed E-state index contributed by atoms with van der Waals surface area (Å²) in [5.41, 5.74) is 0. The van der Waals surface area contributed by atoms with E-state index in [-0.39, 0.29) is 6.54 Å². The standard InChI is InChI=1S/C10H13F3N2O2S/c1-14-3-4-15(2)18(16,17)10-8(12)5-7(11)6-9(10)13/h5-6,14H,3-4H2,1-2H3. The highest BCUT2D eigenvalue weighted by Crippen LogP contribution is 2.22. The molecule has 0 radical (unpaired) electrons. The quantitative estimate of drug-likeness (QED) is 0.874. The predicted octanol–water partition coefficient (Wildman–Crippen LogP) is 0.944. The van der Waals surface area contributed by atoms with E-state index < -0.39 is 32.4 Å². The van der Waals surface area contributed by atoms with Gasteiger partial charge in [-0.1, -0.05) is 0 Å². The Morgan fingerprint density at radius 2 is 1.72 bits per heavy atom. The second-order valence-electron chi connectivity index (χ2n) is 3.63. The summed E-state index contributed by atoms with van der Waals surface area (Å²) >= 11 is 0. The number of halogens is 3. The Bertz CT molecular complexity index is 511. The Morgan fingerprint density at radius 3 is 2.17 bits per heavy atom. The molecule has 18 heavy (non-hydrogen) atoms. The molecule has 1 aromatic carbocycles. The van der Waals surface area contributed by atoms with Crippen molar-refractivity contribution in [2.75, 3.05) is 27.2 Å². The van der Waals surface area contributed by atoms with Crippen LogP contribution < -0.4 is 5.32 Å². The van der Waals surface area contributed by atoms with Crippen molar-refractivity contribution in [2.24, 2.45) is 0 Å². The van der Waals surface area contributed by atoms with Crippen LogP contribution in [0.3, 0.4) is 0 Å². The summed E-state index contributed by atoms with van der Waals surface area (Å²) in [4.78, 5) is -1.14. The molecule has 0 saturated heterocycles. The summed E-state index contributed by atoms with van der Waals surface area (Å²) in [5, 5.41) is 2.71. The van der Waals surface area contributed by atoms with Crippen LogP contribution in [0.15, 0.2) is 17.0 Å². The largest absolute Gasteiger partial charge is 0.318 e. The van der Waals surface area contributed by atoms with Gasteiger partial charge in [0.05, 0.1) is 0 Å². The van der Waals surface area contributed by atoms with Crippen LogP contribution in [0.25, 0.3) is 0 Å². The van der Waals surface area contributed by atoms with Gasteiger partial charge >= 0.3 is 0 Å². The Labute approximate surface area is 103 Å². The molecule has 1 rings (SSSR count). The van der Waals surface area contributed by atoms with Gasteiger partial charge in [-0.3, -0.25) is 0 Å². The van der Waals surface area contributed by atoms with E-state index in [4.69, 9.17) is 0 Å². The Balaban J connectivity index is 3.20. The highest BCUT2D eigenvalue weighted by atomic mass is 32.2. The average Bonchev–Trinajstić information content (AvgIpc) is 2.23. The molecule has 0 spiro atoms. The molecular weight excluding hydrogens is 269 g/mol. The van der Waals surface area contributed by atoms with Crippen LogP contribution in [-0.4, -0.2) is 39.9 Å². The first-order valence-corrected chi connectivity index (χ1v) is 6.50. The number of nitrogens with one attached hydrogen (secondary N) is 1. The van der Waals surface area contributed by atoms with E-state index in [1.807, 2.05) is 0 Å². The molecule has 1 N–H and O–H groups in total. The number of rotatable bonds is 5. The predicted molar refractivity (Wildman–Crippen MR) is 60.1 cm³/mol. The molecule has 0 aliphatic heterocycles. The zero-order chi connectivity index (χ0) is 13.9. The van der Waals surface area contributed by atoms with E-state index in [2.05, 4.69) is 5.32 Å². The molecule has 0 amide bonds. The van der Waals surface area contributed by atoms with Gasteiger partial charge in [-0.15, -0.1) is 0 Å². The van der Waals surface area contributed by atoms with E-state index >= 15 is 0 Å². The van der Waals surface area contributed by atoms with Crippen LogP contribution in [0, 0.1) is 17.5 Å². The minimum absolute atomic E-state index is 0.0368. The molecule has 0 heterocycles. The first-order chi connectivity index (χ1) is 8.30. The van der Waals surface area contributed by atoms with Crippen LogP contribution in [0.5, 0.6) is 0 Å². The van der Waals surface area contributed by atoms with E-state index in [9.17, 15) is 21.6 Å². The van der Waals surface area contributed by atoms with E-state index in [0.29, 0.717) is 18.7 Å². The highest BCUT2D eigenvalue weighted by molar-refractivity contribution is 7.89. The highest BCUT2D eigenvalue weighted by Gasteiger charge is 2.28. The summed E-state index contributed by atoms with van der Waals surface area (Å²) in [7, 11) is -1.51. The summed E-state index contributed by atoms with van der Waals surface area (Å²) in [6.45, 7) is 0.356. The van der Waals surface area contributed by atoms with Gasteiger partial charge in [-0.25, -0.2) is 21.6 Å². The first-order valence-electron chi connectivity index (χ1n) is 5.06. The third kappa shape index (κ3) is 3.01. The smallest absolute Gasteiger partial charge is 0.248 e. The van der Waals surface area contributed by atoms with Gasteiger partial charge < -0.3 is 5.32 Å². The maximum Gasteiger partial charge on any atom is 0.248 e. The molecule has 0 saturated carbocycles.